The maximum Gasteiger partial charge on any atom is 0.0200 e. The summed E-state index contributed by atoms with van der Waals surface area (Å²) in [7, 11) is 0. The third kappa shape index (κ3) is 3.21. The Labute approximate surface area is 64.0 Å². The fraction of sp³-hybridized carbons (Fsp3) is 0.600. The Bertz CT molecular complexity index is 119. The maximum atomic E-state index is 5.25. The van der Waals surface area contributed by atoms with Crippen molar-refractivity contribution in [1.29, 1.82) is 0 Å². The van der Waals surface area contributed by atoms with Crippen LogP contribution in [0.5, 0.6) is 0 Å². The molecule has 0 aliphatic heterocycles. The molecule has 0 amide bonds. The molecular weight excluding hydrogens is 120 g/mol. The molecule has 1 saturated carbocycles. The number of rotatable bonds is 0. The molecule has 0 aromatic rings. The Kier molecular flexibility index (Phi) is 5.69. The Morgan fingerprint density at radius 3 is 1.80 bits per heavy atom. The van der Waals surface area contributed by atoms with Crippen molar-refractivity contribution >= 4 is 0 Å². The summed E-state index contributed by atoms with van der Waals surface area (Å²) in [4.78, 5) is 0. The van der Waals surface area contributed by atoms with E-state index in [4.69, 9.17) is 6.42 Å². The van der Waals surface area contributed by atoms with Gasteiger partial charge in [0.1, 0.15) is 0 Å². The van der Waals surface area contributed by atoms with Crippen LogP contribution in [-0.4, -0.2) is 0 Å². The van der Waals surface area contributed by atoms with Gasteiger partial charge in [0.2, 0.25) is 0 Å². The van der Waals surface area contributed by atoms with Crippen molar-refractivity contribution in [2.24, 2.45) is 5.92 Å². The van der Waals surface area contributed by atoms with Gasteiger partial charge in [-0.25, -0.2) is 0 Å². The Balaban J connectivity index is 0.000000371. The molecule has 0 aromatic heterocycles. The predicted octanol–water partition coefficient (Wildman–Crippen LogP) is 2.45. The average molecular weight is 134 g/mol. The quantitative estimate of drug-likeness (QED) is 0.446. The zero-order valence-electron chi connectivity index (χ0n) is 6.34. The Morgan fingerprint density at radius 1 is 1.00 bits per heavy atom. The normalized spacial score (nSPS) is 18.1. The van der Waals surface area contributed by atoms with Crippen LogP contribution >= 0.6 is 0 Å². The van der Waals surface area contributed by atoms with Crippen molar-refractivity contribution in [2.75, 3.05) is 0 Å². The molecule has 0 aromatic carbocycles. The summed E-state index contributed by atoms with van der Waals surface area (Å²) in [5.74, 6) is 3.42. The second-order valence-electron chi connectivity index (χ2n) is 2.50. The zero-order chi connectivity index (χ0) is 7.82. The van der Waals surface area contributed by atoms with E-state index >= 15 is 0 Å². The van der Waals surface area contributed by atoms with Gasteiger partial charge < -0.3 is 0 Å². The highest BCUT2D eigenvalue weighted by atomic mass is 14.1. The van der Waals surface area contributed by atoms with Crippen molar-refractivity contribution in [3.05, 3.63) is 0 Å². The molecule has 0 saturated heterocycles. The van der Waals surface area contributed by atoms with Crippen LogP contribution in [0.25, 0.3) is 0 Å². The van der Waals surface area contributed by atoms with Gasteiger partial charge in [0.15, 0.2) is 0 Å². The predicted molar refractivity (Wildman–Crippen MR) is 45.3 cm³/mol. The second kappa shape index (κ2) is 6.24. The van der Waals surface area contributed by atoms with E-state index in [0.717, 1.165) is 0 Å². The minimum absolute atomic E-state index is 0.615. The first-order valence-corrected chi connectivity index (χ1v) is 3.73. The van der Waals surface area contributed by atoms with E-state index < -0.39 is 0 Å². The number of terminal acetylenes is 2. The van der Waals surface area contributed by atoms with E-state index in [1.807, 2.05) is 0 Å². The van der Waals surface area contributed by atoms with E-state index in [0.29, 0.717) is 5.92 Å². The van der Waals surface area contributed by atoms with Crippen LogP contribution in [0.4, 0.5) is 0 Å². The maximum absolute atomic E-state index is 5.25. The average Bonchev–Trinajstić information content (AvgIpc) is 2.10. The number of hydrogen-bond donors (Lipinski definition) is 0. The summed E-state index contributed by atoms with van der Waals surface area (Å²) in [6.45, 7) is 0. The summed E-state index contributed by atoms with van der Waals surface area (Å²) in [5.41, 5.74) is 0. The molecule has 10 heavy (non-hydrogen) atoms. The highest BCUT2D eigenvalue weighted by molar-refractivity contribution is 4.93. The lowest BCUT2D eigenvalue weighted by molar-refractivity contribution is 0.430. The molecular formula is C10H14. The molecule has 1 aliphatic carbocycles. The Hall–Kier alpha value is -0.880. The van der Waals surface area contributed by atoms with E-state index in [1.165, 1.54) is 32.1 Å². The van der Waals surface area contributed by atoms with Gasteiger partial charge in [-0.3, -0.25) is 0 Å². The van der Waals surface area contributed by atoms with Crippen LogP contribution in [0.15, 0.2) is 0 Å². The molecule has 0 heteroatoms. The fourth-order valence-electron chi connectivity index (χ4n) is 1.27. The monoisotopic (exact) mass is 134 g/mol. The summed E-state index contributed by atoms with van der Waals surface area (Å²) < 4.78 is 0. The summed E-state index contributed by atoms with van der Waals surface area (Å²) in [5, 5.41) is 0. The van der Waals surface area contributed by atoms with E-state index in [1.54, 1.807) is 0 Å². The van der Waals surface area contributed by atoms with Gasteiger partial charge in [-0.05, 0) is 12.8 Å². The molecule has 1 fully saturated rings. The van der Waals surface area contributed by atoms with Gasteiger partial charge in [-0.15, -0.1) is 25.2 Å². The molecule has 1 rings (SSSR count). The van der Waals surface area contributed by atoms with Gasteiger partial charge in [-0.1, -0.05) is 19.3 Å². The van der Waals surface area contributed by atoms with Crippen LogP contribution in [0.1, 0.15) is 32.1 Å². The van der Waals surface area contributed by atoms with Crippen LogP contribution in [0, 0.1) is 31.1 Å². The van der Waals surface area contributed by atoms with Gasteiger partial charge in [0, 0.05) is 5.92 Å². The third-order valence-corrected chi connectivity index (χ3v) is 1.84. The largest absolute Gasteiger partial charge is 0.124 e. The van der Waals surface area contributed by atoms with Crippen molar-refractivity contribution < 1.29 is 0 Å². The molecule has 0 unspecified atom stereocenters. The van der Waals surface area contributed by atoms with E-state index in [9.17, 15) is 0 Å². The molecule has 0 spiro atoms. The molecule has 54 valence electrons. The van der Waals surface area contributed by atoms with Crippen molar-refractivity contribution in [3.63, 3.8) is 0 Å². The first-order chi connectivity index (χ1) is 4.93. The SMILES string of the molecule is C#C.C#CC1CCCCC1. The lowest BCUT2D eigenvalue weighted by atomic mass is 9.90. The molecule has 0 atom stereocenters. The van der Waals surface area contributed by atoms with Gasteiger partial charge in [-0.2, -0.15) is 0 Å². The summed E-state index contributed by atoms with van der Waals surface area (Å²) >= 11 is 0. The van der Waals surface area contributed by atoms with Crippen molar-refractivity contribution in [3.8, 4) is 25.2 Å². The van der Waals surface area contributed by atoms with Crippen molar-refractivity contribution in [2.45, 2.75) is 32.1 Å². The van der Waals surface area contributed by atoms with Gasteiger partial charge in [0.25, 0.3) is 0 Å². The van der Waals surface area contributed by atoms with Crippen LogP contribution in [-0.2, 0) is 0 Å². The topological polar surface area (TPSA) is 0 Å². The molecule has 0 nitrogen and oxygen atoms in total. The smallest absolute Gasteiger partial charge is 0.0200 e. The summed E-state index contributed by atoms with van der Waals surface area (Å²) in [6.07, 6.45) is 19.9. The molecule has 0 heterocycles. The standard InChI is InChI=1S/C8H12.C2H2/c1-2-8-6-4-3-5-7-8;1-2/h1,8H,3-7H2;1-2H. The fourth-order valence-corrected chi connectivity index (χ4v) is 1.27. The van der Waals surface area contributed by atoms with E-state index in [-0.39, 0.29) is 0 Å². The van der Waals surface area contributed by atoms with Crippen LogP contribution < -0.4 is 0 Å². The third-order valence-electron chi connectivity index (χ3n) is 1.84. The Morgan fingerprint density at radius 2 is 1.50 bits per heavy atom. The first-order valence-electron chi connectivity index (χ1n) is 3.73. The van der Waals surface area contributed by atoms with Crippen LogP contribution in [0.2, 0.25) is 0 Å². The molecule has 0 N–H and O–H groups in total. The van der Waals surface area contributed by atoms with Gasteiger partial charge in [0.05, 0.1) is 0 Å². The first kappa shape index (κ1) is 9.12. The lowest BCUT2D eigenvalue weighted by Gasteiger charge is -2.14. The minimum atomic E-state index is 0.615. The number of hydrogen-bond acceptors (Lipinski definition) is 0. The molecule has 0 bridgehead atoms. The highest BCUT2D eigenvalue weighted by Crippen LogP contribution is 2.22. The van der Waals surface area contributed by atoms with Gasteiger partial charge >= 0.3 is 0 Å². The second-order valence-corrected chi connectivity index (χ2v) is 2.50. The highest BCUT2D eigenvalue weighted by Gasteiger charge is 2.08. The zero-order valence-corrected chi connectivity index (χ0v) is 6.34. The lowest BCUT2D eigenvalue weighted by Crippen LogP contribution is -2.02. The van der Waals surface area contributed by atoms with Crippen molar-refractivity contribution in [1.82, 2.24) is 0 Å². The van der Waals surface area contributed by atoms with E-state index in [2.05, 4.69) is 18.8 Å². The van der Waals surface area contributed by atoms with Crippen LogP contribution in [0.3, 0.4) is 0 Å². The minimum Gasteiger partial charge on any atom is -0.124 e. The molecule has 1 aliphatic rings. The molecule has 0 radical (unpaired) electrons. The summed E-state index contributed by atoms with van der Waals surface area (Å²) in [6, 6.07) is 0.